The molecule has 2 aromatic carbocycles. The topological polar surface area (TPSA) is 88.0 Å². The highest BCUT2D eigenvalue weighted by Crippen LogP contribution is 2.32. The number of fused-ring (bicyclic) bond motifs is 1. The molecule has 0 aliphatic rings. The summed E-state index contributed by atoms with van der Waals surface area (Å²) in [6.07, 6.45) is 0.612. The number of aliphatic hydroxyl groups is 1. The number of halogens is 2. The van der Waals surface area contributed by atoms with E-state index in [0.29, 0.717) is 33.8 Å². The lowest BCUT2D eigenvalue weighted by Crippen LogP contribution is -2.36. The van der Waals surface area contributed by atoms with Gasteiger partial charge in [-0.05, 0) is 60.7 Å². The van der Waals surface area contributed by atoms with E-state index in [-0.39, 0.29) is 30.6 Å². The van der Waals surface area contributed by atoms with Crippen LogP contribution >= 0.6 is 11.6 Å². The third-order valence-electron chi connectivity index (χ3n) is 5.36. The van der Waals surface area contributed by atoms with E-state index in [1.165, 1.54) is 12.1 Å². The maximum absolute atomic E-state index is 14.1. The van der Waals surface area contributed by atoms with Crippen molar-refractivity contribution in [3.63, 3.8) is 0 Å². The number of aliphatic hydroxyl groups excluding tert-OH is 1. The first-order valence-corrected chi connectivity index (χ1v) is 10.5. The van der Waals surface area contributed by atoms with Gasteiger partial charge in [-0.1, -0.05) is 35.9 Å². The summed E-state index contributed by atoms with van der Waals surface area (Å²) >= 11 is 6.03. The first-order chi connectivity index (χ1) is 15.4. The van der Waals surface area contributed by atoms with Crippen LogP contribution in [0.5, 0.6) is 0 Å². The highest BCUT2D eigenvalue weighted by atomic mass is 35.5. The van der Waals surface area contributed by atoms with E-state index < -0.39 is 17.1 Å². The molecule has 164 valence electrons. The Hall–Kier alpha value is -3.29. The third-order valence-corrected chi connectivity index (χ3v) is 5.61. The molecule has 2 N–H and O–H groups in total. The molecule has 0 amide bonds. The quantitative estimate of drug-likeness (QED) is 0.464. The van der Waals surface area contributed by atoms with Gasteiger partial charge in [-0.15, -0.1) is 0 Å². The van der Waals surface area contributed by atoms with E-state index in [1.54, 1.807) is 31.2 Å². The fourth-order valence-electron chi connectivity index (χ4n) is 3.92. The summed E-state index contributed by atoms with van der Waals surface area (Å²) in [7, 11) is 0. The van der Waals surface area contributed by atoms with Gasteiger partial charge < -0.3 is 5.11 Å². The van der Waals surface area contributed by atoms with Crippen LogP contribution in [0.25, 0.3) is 22.2 Å². The Morgan fingerprint density at radius 3 is 2.59 bits per heavy atom. The third kappa shape index (κ3) is 4.22. The van der Waals surface area contributed by atoms with Gasteiger partial charge in [0.05, 0.1) is 5.39 Å². The Balaban J connectivity index is 2.07. The van der Waals surface area contributed by atoms with E-state index in [2.05, 4.69) is 9.97 Å². The minimum Gasteiger partial charge on any atom is -0.396 e. The van der Waals surface area contributed by atoms with E-state index in [1.807, 2.05) is 12.1 Å². The molecule has 4 aromatic rings. The zero-order valence-electron chi connectivity index (χ0n) is 17.4. The summed E-state index contributed by atoms with van der Waals surface area (Å²) in [5.74, 6) is -0.402. The zero-order chi connectivity index (χ0) is 22.8. The van der Waals surface area contributed by atoms with E-state index in [0.717, 1.165) is 10.1 Å². The second-order valence-electron chi connectivity index (χ2n) is 7.55. The molecule has 0 aliphatic carbocycles. The number of rotatable bonds is 6. The Morgan fingerprint density at radius 2 is 1.91 bits per heavy atom. The van der Waals surface area contributed by atoms with Crippen LogP contribution in [0.1, 0.15) is 23.2 Å². The van der Waals surface area contributed by atoms with Crippen LogP contribution in [0.15, 0.2) is 58.1 Å². The monoisotopic (exact) mass is 453 g/mol. The molecule has 2 heterocycles. The molecule has 0 fully saturated rings. The summed E-state index contributed by atoms with van der Waals surface area (Å²) in [6, 6.07) is 13.4. The molecule has 0 radical (unpaired) electrons. The minimum absolute atomic E-state index is 0.0736. The molecule has 4 rings (SSSR count). The normalized spacial score (nSPS) is 11.2. The molecule has 2 aromatic heterocycles. The van der Waals surface area contributed by atoms with Crippen molar-refractivity contribution in [2.24, 2.45) is 0 Å². The summed E-state index contributed by atoms with van der Waals surface area (Å²) in [4.78, 5) is 33.1. The van der Waals surface area contributed by atoms with Crippen LogP contribution in [-0.4, -0.2) is 26.2 Å². The fraction of sp³-hybridized carbons (Fsp3) is 0.208. The second kappa shape index (κ2) is 9.06. The van der Waals surface area contributed by atoms with Crippen molar-refractivity contribution in [1.29, 1.82) is 0 Å². The van der Waals surface area contributed by atoms with Gasteiger partial charge in [-0.2, -0.15) is 0 Å². The molecule has 0 saturated heterocycles. The number of pyridine rings is 1. The van der Waals surface area contributed by atoms with Gasteiger partial charge in [-0.3, -0.25) is 14.3 Å². The first-order valence-electron chi connectivity index (χ1n) is 10.2. The first kappa shape index (κ1) is 21.9. The van der Waals surface area contributed by atoms with Gasteiger partial charge in [0.1, 0.15) is 11.5 Å². The van der Waals surface area contributed by atoms with Crippen molar-refractivity contribution < 1.29 is 9.50 Å². The SMILES string of the molecule is Cc1nc2[nH]c(=O)n(CCCO)c(=O)c2c(Cc2ccc(Cl)cc2)c1-c1cccc(F)c1. The number of nitrogens with zero attached hydrogens (tertiary/aromatic N) is 2. The van der Waals surface area contributed by atoms with Crippen LogP contribution in [0.3, 0.4) is 0 Å². The maximum Gasteiger partial charge on any atom is 0.329 e. The zero-order valence-corrected chi connectivity index (χ0v) is 18.1. The van der Waals surface area contributed by atoms with Gasteiger partial charge in [-0.25, -0.2) is 14.2 Å². The summed E-state index contributed by atoms with van der Waals surface area (Å²) in [5, 5.41) is 10.0. The number of aryl methyl sites for hydroxylation is 1. The Morgan fingerprint density at radius 1 is 1.16 bits per heavy atom. The standard InChI is InChI=1S/C24H21ClFN3O3/c1-14-20(16-4-2-5-18(26)13-16)19(12-15-6-8-17(25)9-7-15)21-22(27-14)28-24(32)29(23(21)31)10-3-11-30/h2,4-9,13,30H,3,10-12H2,1H3,(H,27,28,32). The molecule has 32 heavy (non-hydrogen) atoms. The maximum atomic E-state index is 14.1. The summed E-state index contributed by atoms with van der Waals surface area (Å²) in [6.45, 7) is 1.69. The van der Waals surface area contributed by atoms with Crippen molar-refractivity contribution in [2.75, 3.05) is 6.61 Å². The molecule has 0 spiro atoms. The predicted molar refractivity (Wildman–Crippen MR) is 123 cm³/mol. The van der Waals surface area contributed by atoms with Gasteiger partial charge in [0.25, 0.3) is 5.56 Å². The minimum atomic E-state index is -0.584. The number of aromatic nitrogens is 3. The fourth-order valence-corrected chi connectivity index (χ4v) is 4.05. The van der Waals surface area contributed by atoms with Crippen molar-refractivity contribution in [2.45, 2.75) is 26.3 Å². The average molecular weight is 454 g/mol. The van der Waals surface area contributed by atoms with Crippen molar-refractivity contribution in [3.05, 3.63) is 97.0 Å². The number of hydrogen-bond acceptors (Lipinski definition) is 4. The number of hydrogen-bond donors (Lipinski definition) is 2. The van der Waals surface area contributed by atoms with E-state index in [9.17, 15) is 14.0 Å². The number of H-pyrrole nitrogens is 1. The van der Waals surface area contributed by atoms with Crippen LogP contribution in [-0.2, 0) is 13.0 Å². The molecule has 6 nitrogen and oxygen atoms in total. The van der Waals surface area contributed by atoms with Crippen molar-refractivity contribution >= 4 is 22.6 Å². The van der Waals surface area contributed by atoms with Gasteiger partial charge in [0.15, 0.2) is 0 Å². The Bertz CT molecular complexity index is 1410. The van der Waals surface area contributed by atoms with Crippen LogP contribution in [0.4, 0.5) is 4.39 Å². The van der Waals surface area contributed by atoms with Crippen molar-refractivity contribution in [1.82, 2.24) is 14.5 Å². The highest BCUT2D eigenvalue weighted by molar-refractivity contribution is 6.30. The number of aromatic amines is 1. The van der Waals surface area contributed by atoms with Gasteiger partial charge >= 0.3 is 5.69 Å². The average Bonchev–Trinajstić information content (AvgIpc) is 2.75. The smallest absolute Gasteiger partial charge is 0.329 e. The van der Waals surface area contributed by atoms with E-state index in [4.69, 9.17) is 16.7 Å². The Kier molecular flexibility index (Phi) is 6.21. The highest BCUT2D eigenvalue weighted by Gasteiger charge is 2.20. The number of nitrogens with one attached hydrogen (secondary N) is 1. The van der Waals surface area contributed by atoms with Crippen LogP contribution in [0, 0.1) is 12.7 Å². The van der Waals surface area contributed by atoms with Crippen LogP contribution < -0.4 is 11.2 Å². The Labute approximate surface area is 188 Å². The largest absolute Gasteiger partial charge is 0.396 e. The van der Waals surface area contributed by atoms with Crippen molar-refractivity contribution in [3.8, 4) is 11.1 Å². The molecular formula is C24H21ClFN3O3. The number of benzene rings is 2. The summed E-state index contributed by atoms with van der Waals surface area (Å²) in [5.41, 5.74) is 2.44. The molecule has 8 heteroatoms. The van der Waals surface area contributed by atoms with Gasteiger partial charge in [0, 0.05) is 29.4 Å². The molecule has 0 atom stereocenters. The van der Waals surface area contributed by atoms with Crippen LogP contribution in [0.2, 0.25) is 5.02 Å². The lowest BCUT2D eigenvalue weighted by Gasteiger charge is -2.17. The lowest BCUT2D eigenvalue weighted by atomic mass is 9.92. The molecule has 0 aliphatic heterocycles. The van der Waals surface area contributed by atoms with Gasteiger partial charge in [0.2, 0.25) is 0 Å². The lowest BCUT2D eigenvalue weighted by molar-refractivity contribution is 0.278. The summed E-state index contributed by atoms with van der Waals surface area (Å²) < 4.78 is 15.1. The molecular weight excluding hydrogens is 433 g/mol. The van der Waals surface area contributed by atoms with E-state index >= 15 is 0 Å². The molecule has 0 saturated carbocycles. The molecule has 0 unspecified atom stereocenters. The molecule has 0 bridgehead atoms. The predicted octanol–water partition coefficient (Wildman–Crippen LogP) is 3.83. The second-order valence-corrected chi connectivity index (χ2v) is 7.99.